The highest BCUT2D eigenvalue weighted by Gasteiger charge is 2.65. The molecule has 0 spiro atoms. The highest BCUT2D eigenvalue weighted by atomic mass is 32.2. The molecule has 2 aliphatic rings. The molecular formula is C14H24O4S. The predicted octanol–water partition coefficient (Wildman–Crippen LogP) is 2.53. The molecule has 0 amide bonds. The fourth-order valence-corrected chi connectivity index (χ4v) is 5.75. The van der Waals surface area contributed by atoms with E-state index in [2.05, 4.69) is 0 Å². The molecule has 0 aromatic carbocycles. The van der Waals surface area contributed by atoms with Crippen molar-refractivity contribution in [3.63, 3.8) is 0 Å². The maximum atomic E-state index is 12.3. The van der Waals surface area contributed by atoms with E-state index in [9.17, 15) is 13.2 Å². The molecule has 1 unspecified atom stereocenters. The number of hydrogen-bond acceptors (Lipinski definition) is 4. The number of carbonyl (C=O) groups is 1. The van der Waals surface area contributed by atoms with E-state index in [1.54, 1.807) is 6.92 Å². The topological polar surface area (TPSA) is 60.4 Å². The van der Waals surface area contributed by atoms with E-state index in [1.807, 2.05) is 20.8 Å². The lowest BCUT2D eigenvalue weighted by Gasteiger charge is -2.36. The predicted molar refractivity (Wildman–Crippen MR) is 73.2 cm³/mol. The minimum absolute atomic E-state index is 0.116. The first-order valence-electron chi connectivity index (χ1n) is 7.09. The maximum absolute atomic E-state index is 12.3. The molecule has 0 radical (unpaired) electrons. The number of carbonyl (C=O) groups excluding carboxylic acids is 1. The van der Waals surface area contributed by atoms with Gasteiger partial charge >= 0.3 is 0 Å². The minimum atomic E-state index is -3.64. The average Bonchev–Trinajstić information content (AvgIpc) is 2.61. The second-order valence-electron chi connectivity index (χ2n) is 6.68. The minimum Gasteiger partial charge on any atom is -0.299 e. The molecule has 2 rings (SSSR count). The van der Waals surface area contributed by atoms with Gasteiger partial charge < -0.3 is 0 Å². The smallest absolute Gasteiger partial charge is 0.268 e. The number of hydrogen-bond donors (Lipinski definition) is 0. The fourth-order valence-electron chi connectivity index (χ4n) is 3.76. The first-order valence-corrected chi connectivity index (χ1v) is 8.66. The van der Waals surface area contributed by atoms with Gasteiger partial charge in [0.2, 0.25) is 0 Å². The van der Waals surface area contributed by atoms with Crippen molar-refractivity contribution in [2.45, 2.75) is 59.5 Å². The SMILES string of the molecule is CCC(C)OS(=O)(=O)C[C@@]12CC[C@H](CC1=O)C2(C)C. The third-order valence-electron chi connectivity index (χ3n) is 5.45. The Morgan fingerprint density at radius 2 is 2.05 bits per heavy atom. The van der Waals surface area contributed by atoms with Gasteiger partial charge in [-0.05, 0) is 37.5 Å². The molecule has 0 N–H and O–H groups in total. The van der Waals surface area contributed by atoms with Crippen LogP contribution in [0, 0.1) is 16.7 Å². The molecule has 5 heteroatoms. The van der Waals surface area contributed by atoms with E-state index >= 15 is 0 Å². The van der Waals surface area contributed by atoms with E-state index < -0.39 is 15.5 Å². The van der Waals surface area contributed by atoms with E-state index in [4.69, 9.17) is 4.18 Å². The van der Waals surface area contributed by atoms with Gasteiger partial charge in [0, 0.05) is 6.42 Å². The Labute approximate surface area is 116 Å². The van der Waals surface area contributed by atoms with Gasteiger partial charge in [0.05, 0.1) is 17.3 Å². The third-order valence-corrected chi connectivity index (χ3v) is 6.92. The van der Waals surface area contributed by atoms with E-state index in [0.29, 0.717) is 25.2 Å². The highest BCUT2D eigenvalue weighted by Crippen LogP contribution is 2.64. The van der Waals surface area contributed by atoms with Crippen LogP contribution in [0.25, 0.3) is 0 Å². The Morgan fingerprint density at radius 1 is 1.42 bits per heavy atom. The van der Waals surface area contributed by atoms with Crippen molar-refractivity contribution in [3.05, 3.63) is 0 Å². The molecule has 0 saturated heterocycles. The Hall–Kier alpha value is -0.420. The van der Waals surface area contributed by atoms with Crippen LogP contribution < -0.4 is 0 Å². The number of fused-ring (bicyclic) bond motifs is 2. The molecular weight excluding hydrogens is 264 g/mol. The quantitative estimate of drug-likeness (QED) is 0.729. The van der Waals surface area contributed by atoms with E-state index in [1.165, 1.54) is 0 Å². The van der Waals surface area contributed by atoms with Gasteiger partial charge in [0.15, 0.2) is 0 Å². The molecule has 0 aromatic rings. The van der Waals surface area contributed by atoms with Crippen LogP contribution in [0.15, 0.2) is 0 Å². The van der Waals surface area contributed by atoms with Crippen molar-refractivity contribution in [3.8, 4) is 0 Å². The molecule has 0 aliphatic heterocycles. The molecule has 110 valence electrons. The summed E-state index contributed by atoms with van der Waals surface area (Å²) in [5.41, 5.74) is -0.945. The Balaban J connectivity index is 2.24. The Morgan fingerprint density at radius 3 is 2.47 bits per heavy atom. The van der Waals surface area contributed by atoms with Gasteiger partial charge in [-0.15, -0.1) is 0 Å². The second-order valence-corrected chi connectivity index (χ2v) is 8.28. The average molecular weight is 288 g/mol. The van der Waals surface area contributed by atoms with Crippen LogP contribution in [0.4, 0.5) is 0 Å². The summed E-state index contributed by atoms with van der Waals surface area (Å²) in [5.74, 6) is 0.302. The van der Waals surface area contributed by atoms with Gasteiger partial charge in [-0.3, -0.25) is 8.98 Å². The molecule has 3 atom stereocenters. The standard InChI is InChI=1S/C14H24O4S/c1-5-10(2)18-19(16,17)9-14-7-6-11(8-12(14)15)13(14,3)4/h10-11H,5-9H2,1-4H3/t10?,11-,14+/m1/s1. The molecule has 0 aromatic heterocycles. The number of Topliss-reactive ketones (excluding diaryl/α,β-unsaturated/α-hetero) is 1. The van der Waals surface area contributed by atoms with E-state index in [0.717, 1.165) is 6.42 Å². The molecule has 4 nitrogen and oxygen atoms in total. The van der Waals surface area contributed by atoms with Crippen LogP contribution in [0.5, 0.6) is 0 Å². The highest BCUT2D eigenvalue weighted by molar-refractivity contribution is 7.86. The van der Waals surface area contributed by atoms with Crippen LogP contribution in [0.3, 0.4) is 0 Å². The molecule has 2 bridgehead atoms. The largest absolute Gasteiger partial charge is 0.299 e. The third kappa shape index (κ3) is 2.25. The van der Waals surface area contributed by atoms with Crippen molar-refractivity contribution in [1.29, 1.82) is 0 Å². The van der Waals surface area contributed by atoms with Gasteiger partial charge in [-0.25, -0.2) is 0 Å². The Kier molecular flexibility index (Phi) is 3.59. The molecule has 2 saturated carbocycles. The second kappa shape index (κ2) is 4.55. The van der Waals surface area contributed by atoms with Crippen molar-refractivity contribution in [2.24, 2.45) is 16.7 Å². The zero-order valence-corrected chi connectivity index (χ0v) is 13.0. The van der Waals surface area contributed by atoms with Gasteiger partial charge in [-0.1, -0.05) is 20.8 Å². The zero-order chi connectivity index (χ0) is 14.5. The van der Waals surface area contributed by atoms with Crippen molar-refractivity contribution in [2.75, 3.05) is 5.75 Å². The van der Waals surface area contributed by atoms with E-state index in [-0.39, 0.29) is 23.1 Å². The lowest BCUT2D eigenvalue weighted by atomic mass is 9.70. The summed E-state index contributed by atoms with van der Waals surface area (Å²) in [5, 5.41) is 0. The van der Waals surface area contributed by atoms with Crippen LogP contribution >= 0.6 is 0 Å². The maximum Gasteiger partial charge on any atom is 0.268 e. The molecule has 2 fully saturated rings. The first-order chi connectivity index (χ1) is 8.64. The summed E-state index contributed by atoms with van der Waals surface area (Å²) in [6.45, 7) is 7.70. The zero-order valence-electron chi connectivity index (χ0n) is 12.2. The summed E-state index contributed by atoms with van der Waals surface area (Å²) in [6, 6.07) is 0. The van der Waals surface area contributed by atoms with Crippen molar-refractivity contribution < 1.29 is 17.4 Å². The fraction of sp³-hybridized carbons (Fsp3) is 0.929. The summed E-state index contributed by atoms with van der Waals surface area (Å²) < 4.78 is 29.6. The summed E-state index contributed by atoms with van der Waals surface area (Å²) in [7, 11) is -3.64. The van der Waals surface area contributed by atoms with Crippen LogP contribution in [0.2, 0.25) is 0 Å². The number of rotatable bonds is 5. The van der Waals surface area contributed by atoms with Crippen LogP contribution in [0.1, 0.15) is 53.4 Å². The summed E-state index contributed by atoms with van der Waals surface area (Å²) in [6.07, 6.45) is 2.50. The molecule has 2 aliphatic carbocycles. The van der Waals surface area contributed by atoms with Gasteiger partial charge in [0.1, 0.15) is 5.78 Å². The summed E-state index contributed by atoms with van der Waals surface area (Å²) >= 11 is 0. The van der Waals surface area contributed by atoms with Crippen LogP contribution in [-0.4, -0.2) is 26.1 Å². The first kappa shape index (κ1) is 15.0. The summed E-state index contributed by atoms with van der Waals surface area (Å²) in [4.78, 5) is 12.3. The van der Waals surface area contributed by atoms with Gasteiger partial charge in [0.25, 0.3) is 10.1 Å². The monoisotopic (exact) mass is 288 g/mol. The van der Waals surface area contributed by atoms with Crippen molar-refractivity contribution in [1.82, 2.24) is 0 Å². The Bertz CT molecular complexity index is 480. The van der Waals surface area contributed by atoms with Crippen LogP contribution in [-0.2, 0) is 19.1 Å². The molecule has 0 heterocycles. The normalized spacial score (nSPS) is 34.7. The number of ketones is 1. The lowest BCUT2D eigenvalue weighted by Crippen LogP contribution is -2.43. The van der Waals surface area contributed by atoms with Gasteiger partial charge in [-0.2, -0.15) is 8.42 Å². The molecule has 19 heavy (non-hydrogen) atoms. The van der Waals surface area contributed by atoms with Crippen molar-refractivity contribution >= 4 is 15.9 Å². The lowest BCUT2D eigenvalue weighted by molar-refractivity contribution is -0.128.